The van der Waals surface area contributed by atoms with Crippen LogP contribution in [0.3, 0.4) is 0 Å². The van der Waals surface area contributed by atoms with Gasteiger partial charge in [-0.2, -0.15) is 0 Å². The summed E-state index contributed by atoms with van der Waals surface area (Å²) in [5, 5.41) is 0. The normalized spacial score (nSPS) is 12.0. The first-order valence-corrected chi connectivity index (χ1v) is 23.6. The molecule has 11 rings (SSSR count). The molecule has 10 aromatic rings. The van der Waals surface area contributed by atoms with Crippen LogP contribution in [-0.2, 0) is 0 Å². The third-order valence-corrected chi connectivity index (χ3v) is 13.0. The number of hydrogen-bond donors (Lipinski definition) is 0. The first-order valence-electron chi connectivity index (χ1n) is 23.6. The maximum atomic E-state index is 2.35. The van der Waals surface area contributed by atoms with Crippen LogP contribution in [0.2, 0.25) is 0 Å². The number of nitrogens with zero attached hydrogens (tertiary/aromatic N) is 2. The highest BCUT2D eigenvalue weighted by molar-refractivity contribution is 5.84. The van der Waals surface area contributed by atoms with Gasteiger partial charge in [0.2, 0.25) is 0 Å². The van der Waals surface area contributed by atoms with Gasteiger partial charge < -0.3 is 9.80 Å². The lowest BCUT2D eigenvalue weighted by atomic mass is 9.98. The molecule has 2 nitrogen and oxygen atoms in total. The molecule has 0 radical (unpaired) electrons. The van der Waals surface area contributed by atoms with Crippen LogP contribution >= 0.6 is 0 Å². The molecule has 0 saturated carbocycles. The van der Waals surface area contributed by atoms with E-state index >= 15 is 0 Å². The van der Waals surface area contributed by atoms with Gasteiger partial charge in [0.1, 0.15) is 0 Å². The van der Waals surface area contributed by atoms with Crippen LogP contribution in [0.1, 0.15) is 18.4 Å². The predicted octanol–water partition coefficient (Wildman–Crippen LogP) is 18.7. The Morgan fingerprint density at radius 2 is 0.426 bits per heavy atom. The molecule has 0 bridgehead atoms. The Morgan fingerprint density at radius 1 is 0.206 bits per heavy atom. The van der Waals surface area contributed by atoms with Gasteiger partial charge in [0.25, 0.3) is 0 Å². The van der Waals surface area contributed by atoms with Gasteiger partial charge >= 0.3 is 0 Å². The predicted molar refractivity (Wildman–Crippen MR) is 289 cm³/mol. The molecule has 0 aliphatic heterocycles. The van der Waals surface area contributed by atoms with Crippen molar-refractivity contribution in [1.82, 2.24) is 0 Å². The van der Waals surface area contributed by atoms with Crippen molar-refractivity contribution in [3.05, 3.63) is 285 Å². The molecule has 324 valence electrons. The van der Waals surface area contributed by atoms with E-state index in [1.807, 2.05) is 0 Å². The van der Waals surface area contributed by atoms with E-state index in [9.17, 15) is 0 Å². The van der Waals surface area contributed by atoms with Crippen molar-refractivity contribution >= 4 is 39.7 Å². The van der Waals surface area contributed by atoms with E-state index in [1.54, 1.807) is 0 Å². The molecule has 68 heavy (non-hydrogen) atoms. The zero-order chi connectivity index (χ0) is 45.5. The van der Waals surface area contributed by atoms with Crippen LogP contribution < -0.4 is 9.80 Å². The standard InChI is InChI=1S/C66H50N2/c1-5-13-49(14-6-1)55-25-37-61(38-26-55)67(62-39-27-56(28-40-62)50-15-7-2-8-16-50)65-45-33-59(34-46-65)53-21-23-54(24-22-53)60-35-47-66(48-36-60)68(63-41-29-57(30-42-63)51-17-9-3-10-18-51)64-43-31-58(32-44-64)52-19-11-4-12-20-52/h1-3,5-11,13-48H,4,12H2. The van der Waals surface area contributed by atoms with Crippen LogP contribution in [-0.4, -0.2) is 0 Å². The van der Waals surface area contributed by atoms with Crippen LogP contribution in [0.15, 0.2) is 279 Å². The lowest BCUT2D eigenvalue weighted by Crippen LogP contribution is -2.10. The van der Waals surface area contributed by atoms with Crippen LogP contribution in [0, 0.1) is 0 Å². The Morgan fingerprint density at radius 3 is 0.662 bits per heavy atom. The van der Waals surface area contributed by atoms with Gasteiger partial charge in [-0.05, 0) is 152 Å². The highest BCUT2D eigenvalue weighted by atomic mass is 15.1. The Labute approximate surface area is 400 Å². The molecule has 0 fully saturated rings. The average molecular weight is 871 g/mol. The van der Waals surface area contributed by atoms with Crippen molar-refractivity contribution in [3.8, 4) is 55.6 Å². The minimum Gasteiger partial charge on any atom is -0.311 e. The van der Waals surface area contributed by atoms with Gasteiger partial charge in [-0.25, -0.2) is 0 Å². The third-order valence-electron chi connectivity index (χ3n) is 13.0. The van der Waals surface area contributed by atoms with E-state index in [2.05, 4.69) is 289 Å². The van der Waals surface area contributed by atoms with Crippen molar-refractivity contribution < 1.29 is 0 Å². The van der Waals surface area contributed by atoms with Gasteiger partial charge in [-0.1, -0.05) is 206 Å². The number of hydrogen-bond acceptors (Lipinski definition) is 2. The number of rotatable bonds is 12. The number of allylic oxidation sites excluding steroid dienone is 4. The number of benzene rings is 10. The van der Waals surface area contributed by atoms with Crippen LogP contribution in [0.5, 0.6) is 0 Å². The third kappa shape index (κ3) is 9.09. The largest absolute Gasteiger partial charge is 0.311 e. The fraction of sp³-hybridized carbons (Fsp3) is 0.0303. The summed E-state index contributed by atoms with van der Waals surface area (Å²) < 4.78 is 0. The molecule has 1 aliphatic rings. The zero-order valence-corrected chi connectivity index (χ0v) is 37.9. The molecule has 2 heteroatoms. The summed E-state index contributed by atoms with van der Waals surface area (Å²) in [6, 6.07) is 94.1. The summed E-state index contributed by atoms with van der Waals surface area (Å²) in [5.41, 5.74) is 21.1. The SMILES string of the molecule is C1=CC(c2ccc(N(c3ccc(-c4ccccc4)cc3)c3ccc(-c4ccc(-c5ccc(N(c6ccc(-c7ccccc7)cc6)c6ccc(-c7ccccc7)cc6)cc5)cc4)cc3)cc2)=CCC1. The Hall–Kier alpha value is -8.72. The molecular formula is C66H50N2. The van der Waals surface area contributed by atoms with Gasteiger partial charge in [-0.3, -0.25) is 0 Å². The van der Waals surface area contributed by atoms with Gasteiger partial charge in [0.15, 0.2) is 0 Å². The van der Waals surface area contributed by atoms with E-state index in [4.69, 9.17) is 0 Å². The molecule has 0 spiro atoms. The molecule has 0 amide bonds. The van der Waals surface area contributed by atoms with E-state index in [-0.39, 0.29) is 0 Å². The topological polar surface area (TPSA) is 6.48 Å². The van der Waals surface area contributed by atoms with E-state index in [1.165, 1.54) is 66.8 Å². The lowest BCUT2D eigenvalue weighted by molar-refractivity contribution is 1.04. The minimum absolute atomic E-state index is 1.09. The van der Waals surface area contributed by atoms with Crippen LogP contribution in [0.4, 0.5) is 34.1 Å². The molecule has 0 N–H and O–H groups in total. The summed E-state index contributed by atoms with van der Waals surface area (Å²) in [6.45, 7) is 0. The molecule has 0 unspecified atom stereocenters. The Bertz CT molecular complexity index is 3200. The fourth-order valence-corrected chi connectivity index (χ4v) is 9.29. The second kappa shape index (κ2) is 19.4. The molecule has 10 aromatic carbocycles. The summed E-state index contributed by atoms with van der Waals surface area (Å²) in [6.07, 6.45) is 9.05. The minimum atomic E-state index is 1.09. The van der Waals surface area contributed by atoms with Gasteiger partial charge in [0.05, 0.1) is 0 Å². The molecule has 0 atom stereocenters. The van der Waals surface area contributed by atoms with Crippen molar-refractivity contribution in [2.24, 2.45) is 0 Å². The summed E-state index contributed by atoms with van der Waals surface area (Å²) in [4.78, 5) is 4.68. The second-order valence-corrected chi connectivity index (χ2v) is 17.3. The van der Waals surface area contributed by atoms with E-state index in [0.29, 0.717) is 0 Å². The van der Waals surface area contributed by atoms with Crippen molar-refractivity contribution in [2.75, 3.05) is 9.80 Å². The Balaban J connectivity index is 0.850. The summed E-state index contributed by atoms with van der Waals surface area (Å²) in [7, 11) is 0. The molecule has 0 saturated heterocycles. The fourth-order valence-electron chi connectivity index (χ4n) is 9.29. The maximum Gasteiger partial charge on any atom is 0.0462 e. The molecular weight excluding hydrogens is 821 g/mol. The summed E-state index contributed by atoms with van der Waals surface area (Å²) >= 11 is 0. The molecule has 0 aromatic heterocycles. The quantitative estimate of drug-likeness (QED) is 0.121. The number of anilines is 6. The monoisotopic (exact) mass is 870 g/mol. The van der Waals surface area contributed by atoms with Crippen LogP contribution in [0.25, 0.3) is 61.2 Å². The smallest absolute Gasteiger partial charge is 0.0462 e. The maximum absolute atomic E-state index is 2.35. The van der Waals surface area contributed by atoms with E-state index in [0.717, 1.165) is 47.0 Å². The highest BCUT2D eigenvalue weighted by Crippen LogP contribution is 2.40. The highest BCUT2D eigenvalue weighted by Gasteiger charge is 2.16. The lowest BCUT2D eigenvalue weighted by Gasteiger charge is -2.26. The summed E-state index contributed by atoms with van der Waals surface area (Å²) in [5.74, 6) is 0. The van der Waals surface area contributed by atoms with Crippen molar-refractivity contribution in [2.45, 2.75) is 12.8 Å². The van der Waals surface area contributed by atoms with Gasteiger partial charge in [0, 0.05) is 34.1 Å². The molecule has 0 heterocycles. The average Bonchev–Trinajstić information content (AvgIpc) is 3.43. The second-order valence-electron chi connectivity index (χ2n) is 17.3. The molecule has 1 aliphatic carbocycles. The Kier molecular flexibility index (Phi) is 12.0. The first kappa shape index (κ1) is 41.9. The van der Waals surface area contributed by atoms with Crippen molar-refractivity contribution in [3.63, 3.8) is 0 Å². The van der Waals surface area contributed by atoms with Gasteiger partial charge in [-0.15, -0.1) is 0 Å². The van der Waals surface area contributed by atoms with Crippen molar-refractivity contribution in [1.29, 1.82) is 0 Å². The zero-order valence-electron chi connectivity index (χ0n) is 37.9. The van der Waals surface area contributed by atoms with E-state index < -0.39 is 0 Å². The first-order chi connectivity index (χ1) is 33.7.